The van der Waals surface area contributed by atoms with Gasteiger partial charge in [0.1, 0.15) is 17.1 Å². The van der Waals surface area contributed by atoms with E-state index in [9.17, 15) is 13.6 Å². The SMILES string of the molecule is CCCCCCCCCCCCCCCC[C@]1(C)CCc2c(c(C)c(C)c(OC(C)=O)c2-c2ccc(F)c(F)c2)O1. The van der Waals surface area contributed by atoms with Gasteiger partial charge in [-0.3, -0.25) is 4.79 Å². The first-order chi connectivity index (χ1) is 19.7. The molecule has 2 aromatic carbocycles. The van der Waals surface area contributed by atoms with Crippen molar-refractivity contribution in [3.05, 3.63) is 46.5 Å². The first-order valence-electron chi connectivity index (χ1n) is 16.2. The summed E-state index contributed by atoms with van der Waals surface area (Å²) in [5.41, 5.74) is 3.42. The average Bonchev–Trinajstić information content (AvgIpc) is 2.94. The number of fused-ring (bicyclic) bond motifs is 1. The molecule has 41 heavy (non-hydrogen) atoms. The van der Waals surface area contributed by atoms with Crippen LogP contribution in [0.2, 0.25) is 0 Å². The van der Waals surface area contributed by atoms with Crippen LogP contribution in [0.5, 0.6) is 11.5 Å². The standard InChI is InChI=1S/C36H52F2O3/c1-6-7-8-9-10-11-12-13-14-15-16-17-18-19-23-36(5)24-22-30-33(29-20-21-31(37)32(38)25-29)35(40-28(4)39)27(3)26(2)34(30)41-36/h20-21,25H,6-19,22-24H2,1-5H3/t36-/m1/s1. The van der Waals surface area contributed by atoms with E-state index in [1.54, 1.807) is 0 Å². The second kappa shape index (κ2) is 16.3. The van der Waals surface area contributed by atoms with Crippen LogP contribution in [0.1, 0.15) is 140 Å². The van der Waals surface area contributed by atoms with E-state index in [1.807, 2.05) is 13.8 Å². The molecule has 0 amide bonds. The second-order valence-electron chi connectivity index (χ2n) is 12.4. The molecule has 5 heteroatoms. The highest BCUT2D eigenvalue weighted by molar-refractivity contribution is 5.83. The molecule has 3 nitrogen and oxygen atoms in total. The maximum Gasteiger partial charge on any atom is 0.308 e. The number of halogens is 2. The van der Waals surface area contributed by atoms with E-state index in [1.165, 1.54) is 103 Å². The van der Waals surface area contributed by atoms with E-state index in [2.05, 4.69) is 13.8 Å². The number of benzene rings is 2. The van der Waals surface area contributed by atoms with Gasteiger partial charge < -0.3 is 9.47 Å². The molecule has 228 valence electrons. The predicted molar refractivity (Wildman–Crippen MR) is 165 cm³/mol. The molecule has 1 heterocycles. The lowest BCUT2D eigenvalue weighted by molar-refractivity contribution is -0.131. The van der Waals surface area contributed by atoms with Gasteiger partial charge in [0.15, 0.2) is 11.6 Å². The van der Waals surface area contributed by atoms with Crippen molar-refractivity contribution in [2.75, 3.05) is 0 Å². The molecule has 0 N–H and O–H groups in total. The number of hydrogen-bond acceptors (Lipinski definition) is 3. The minimum Gasteiger partial charge on any atom is -0.487 e. The number of carbonyl (C=O) groups excluding carboxylic acids is 1. The van der Waals surface area contributed by atoms with Crippen molar-refractivity contribution in [1.29, 1.82) is 0 Å². The zero-order chi connectivity index (χ0) is 29.8. The molecule has 0 radical (unpaired) electrons. The molecule has 0 spiro atoms. The third kappa shape index (κ3) is 9.54. The van der Waals surface area contributed by atoms with Gasteiger partial charge in [-0.25, -0.2) is 8.78 Å². The first kappa shape index (κ1) is 33.1. The fourth-order valence-corrected chi connectivity index (χ4v) is 6.17. The lowest BCUT2D eigenvalue weighted by Gasteiger charge is -2.38. The van der Waals surface area contributed by atoms with E-state index in [4.69, 9.17) is 9.47 Å². The second-order valence-corrected chi connectivity index (χ2v) is 12.4. The quantitative estimate of drug-likeness (QED) is 0.108. The van der Waals surface area contributed by atoms with Gasteiger partial charge >= 0.3 is 5.97 Å². The zero-order valence-electron chi connectivity index (χ0n) is 26.2. The van der Waals surface area contributed by atoms with E-state index in [0.717, 1.165) is 47.8 Å². The van der Waals surface area contributed by atoms with Crippen molar-refractivity contribution in [2.45, 2.75) is 149 Å². The summed E-state index contributed by atoms with van der Waals surface area (Å²) in [6.45, 7) is 9.68. The van der Waals surface area contributed by atoms with Crippen LogP contribution < -0.4 is 9.47 Å². The fourth-order valence-electron chi connectivity index (χ4n) is 6.17. The molecule has 0 saturated heterocycles. The Morgan fingerprint density at radius 3 is 1.95 bits per heavy atom. The molecule has 0 aromatic heterocycles. The van der Waals surface area contributed by atoms with Crippen molar-refractivity contribution < 1.29 is 23.0 Å². The van der Waals surface area contributed by atoms with Gasteiger partial charge in [-0.15, -0.1) is 0 Å². The summed E-state index contributed by atoms with van der Waals surface area (Å²) in [5.74, 6) is -1.09. The van der Waals surface area contributed by atoms with Gasteiger partial charge in [0.2, 0.25) is 0 Å². The van der Waals surface area contributed by atoms with Gasteiger partial charge in [-0.2, -0.15) is 0 Å². The lowest BCUT2D eigenvalue weighted by atomic mass is 9.82. The highest BCUT2D eigenvalue weighted by atomic mass is 19.2. The highest BCUT2D eigenvalue weighted by Gasteiger charge is 2.36. The molecule has 1 atom stereocenters. The molecule has 1 aliphatic rings. The molecule has 0 unspecified atom stereocenters. The first-order valence-corrected chi connectivity index (χ1v) is 16.2. The van der Waals surface area contributed by atoms with Crippen molar-refractivity contribution in [2.24, 2.45) is 0 Å². The molecule has 2 aromatic rings. The zero-order valence-corrected chi connectivity index (χ0v) is 26.2. The van der Waals surface area contributed by atoms with Crippen molar-refractivity contribution >= 4 is 5.97 Å². The van der Waals surface area contributed by atoms with Gasteiger partial charge in [-0.05, 0) is 75.3 Å². The number of unbranched alkanes of at least 4 members (excludes halogenated alkanes) is 13. The summed E-state index contributed by atoms with van der Waals surface area (Å²) in [5, 5.41) is 0. The van der Waals surface area contributed by atoms with Crippen LogP contribution >= 0.6 is 0 Å². The van der Waals surface area contributed by atoms with Gasteiger partial charge in [0.25, 0.3) is 0 Å². The number of hydrogen-bond donors (Lipinski definition) is 0. The molecule has 3 rings (SSSR count). The minimum atomic E-state index is -0.928. The Bertz CT molecular complexity index is 1140. The summed E-state index contributed by atoms with van der Waals surface area (Å²) in [7, 11) is 0. The number of rotatable bonds is 17. The number of carbonyl (C=O) groups is 1. The molecule has 1 aliphatic heterocycles. The molecule has 0 aliphatic carbocycles. The Morgan fingerprint density at radius 1 is 0.854 bits per heavy atom. The molecular formula is C36H52F2O3. The lowest BCUT2D eigenvalue weighted by Crippen LogP contribution is -2.37. The monoisotopic (exact) mass is 570 g/mol. The molecular weight excluding hydrogens is 518 g/mol. The normalized spacial score (nSPS) is 16.4. The van der Waals surface area contributed by atoms with Crippen LogP contribution in [-0.2, 0) is 11.2 Å². The maximum atomic E-state index is 14.2. The van der Waals surface area contributed by atoms with Crippen LogP contribution in [0.15, 0.2) is 18.2 Å². The summed E-state index contributed by atoms with van der Waals surface area (Å²) in [4.78, 5) is 12.0. The fraction of sp³-hybridized carbons (Fsp3) is 0.639. The van der Waals surface area contributed by atoms with Crippen LogP contribution in [0.3, 0.4) is 0 Å². The van der Waals surface area contributed by atoms with Crippen LogP contribution in [-0.4, -0.2) is 11.6 Å². The summed E-state index contributed by atoms with van der Waals surface area (Å²) in [6, 6.07) is 3.83. The Morgan fingerprint density at radius 2 is 1.41 bits per heavy atom. The topological polar surface area (TPSA) is 35.5 Å². The van der Waals surface area contributed by atoms with Crippen LogP contribution in [0, 0.1) is 25.5 Å². The van der Waals surface area contributed by atoms with Gasteiger partial charge in [0.05, 0.1) is 0 Å². The Balaban J connectivity index is 1.54. The van der Waals surface area contributed by atoms with Crippen LogP contribution in [0.4, 0.5) is 8.78 Å². The third-order valence-corrected chi connectivity index (χ3v) is 8.81. The molecule has 0 bridgehead atoms. The van der Waals surface area contributed by atoms with Crippen molar-refractivity contribution in [3.8, 4) is 22.6 Å². The van der Waals surface area contributed by atoms with Crippen molar-refractivity contribution in [3.63, 3.8) is 0 Å². The van der Waals surface area contributed by atoms with Gasteiger partial charge in [-0.1, -0.05) is 96.5 Å². The van der Waals surface area contributed by atoms with Crippen LogP contribution in [0.25, 0.3) is 11.1 Å². The Kier molecular flexibility index (Phi) is 13.1. The Hall–Kier alpha value is -2.43. The highest BCUT2D eigenvalue weighted by Crippen LogP contribution is 2.49. The van der Waals surface area contributed by atoms with E-state index in [-0.39, 0.29) is 5.60 Å². The summed E-state index contributed by atoms with van der Waals surface area (Å²) < 4.78 is 40.4. The Labute approximate surface area is 247 Å². The average molecular weight is 571 g/mol. The number of esters is 1. The van der Waals surface area contributed by atoms with Crippen molar-refractivity contribution in [1.82, 2.24) is 0 Å². The summed E-state index contributed by atoms with van der Waals surface area (Å²) >= 11 is 0. The molecule has 0 saturated carbocycles. The predicted octanol–water partition coefficient (Wildman–Crippen LogP) is 11.1. The van der Waals surface area contributed by atoms with E-state index < -0.39 is 17.6 Å². The molecule has 0 fully saturated rings. The minimum absolute atomic E-state index is 0.282. The van der Waals surface area contributed by atoms with E-state index in [0.29, 0.717) is 23.3 Å². The van der Waals surface area contributed by atoms with Gasteiger partial charge in [0, 0.05) is 18.1 Å². The van der Waals surface area contributed by atoms with E-state index >= 15 is 0 Å². The summed E-state index contributed by atoms with van der Waals surface area (Å²) in [6.07, 6.45) is 21.2. The number of ether oxygens (including phenoxy) is 2. The largest absolute Gasteiger partial charge is 0.487 e. The third-order valence-electron chi connectivity index (χ3n) is 8.81. The smallest absolute Gasteiger partial charge is 0.308 e. The maximum absolute atomic E-state index is 14.2.